The summed E-state index contributed by atoms with van der Waals surface area (Å²) in [6, 6.07) is 8.36. The van der Waals surface area contributed by atoms with Gasteiger partial charge in [-0.15, -0.1) is 0 Å². The fraction of sp³-hybridized carbons (Fsp3) is 0.0769. The van der Waals surface area contributed by atoms with E-state index in [1.54, 1.807) is 0 Å². The van der Waals surface area contributed by atoms with E-state index in [0.29, 0.717) is 0 Å². The number of hydrogen-bond acceptors (Lipinski definition) is 3. The summed E-state index contributed by atoms with van der Waals surface area (Å²) >= 11 is 0. The highest BCUT2D eigenvalue weighted by molar-refractivity contribution is 7.90. The second-order valence-electron chi connectivity index (χ2n) is 4.07. The summed E-state index contributed by atoms with van der Waals surface area (Å²) in [5, 5.41) is 0. The van der Waals surface area contributed by atoms with Gasteiger partial charge >= 0.3 is 0 Å². The van der Waals surface area contributed by atoms with Gasteiger partial charge in [-0.05, 0) is 35.9 Å². The van der Waals surface area contributed by atoms with Crippen LogP contribution in [0, 0.1) is 11.6 Å². The number of halogens is 2. The fourth-order valence-corrected chi connectivity index (χ4v) is 3.19. The second-order valence-corrected chi connectivity index (χ2v) is 6.03. The molecule has 0 atom stereocenters. The molecule has 0 fully saturated rings. The Morgan fingerprint density at radius 3 is 2.37 bits per heavy atom. The topological polar surface area (TPSA) is 60.2 Å². The molecule has 0 bridgehead atoms. The van der Waals surface area contributed by atoms with E-state index in [1.165, 1.54) is 24.3 Å². The first-order valence-electron chi connectivity index (χ1n) is 5.41. The molecule has 0 aromatic heterocycles. The first kappa shape index (κ1) is 13.5. The quantitative estimate of drug-likeness (QED) is 0.880. The van der Waals surface area contributed by atoms with Crippen LogP contribution in [0.15, 0.2) is 47.4 Å². The first-order valence-corrected chi connectivity index (χ1v) is 7.06. The third kappa shape index (κ3) is 3.08. The molecule has 0 radical (unpaired) electrons. The highest BCUT2D eigenvalue weighted by atomic mass is 32.2. The van der Waals surface area contributed by atoms with Crippen LogP contribution < -0.4 is 5.73 Å². The van der Waals surface area contributed by atoms with Gasteiger partial charge in [0.25, 0.3) is 0 Å². The van der Waals surface area contributed by atoms with Gasteiger partial charge in [-0.25, -0.2) is 17.2 Å². The molecule has 0 saturated carbocycles. The third-order valence-electron chi connectivity index (χ3n) is 2.56. The fourth-order valence-electron chi connectivity index (χ4n) is 1.70. The number of hydrogen-bond donors (Lipinski definition) is 1. The van der Waals surface area contributed by atoms with Crippen LogP contribution in [0.4, 0.5) is 14.5 Å². The van der Waals surface area contributed by atoms with E-state index in [1.807, 2.05) is 0 Å². The Balaban J connectivity index is 2.40. The Morgan fingerprint density at radius 2 is 1.68 bits per heavy atom. The minimum atomic E-state index is -3.81. The molecule has 2 N–H and O–H groups in total. The number of rotatable bonds is 3. The molecular formula is C13H11F2NO2S. The number of benzene rings is 2. The average molecular weight is 283 g/mol. The molecule has 0 aliphatic carbocycles. The average Bonchev–Trinajstić information content (AvgIpc) is 2.31. The van der Waals surface area contributed by atoms with Crippen LogP contribution in [0.2, 0.25) is 0 Å². The van der Waals surface area contributed by atoms with Gasteiger partial charge in [-0.2, -0.15) is 0 Å². The summed E-state index contributed by atoms with van der Waals surface area (Å²) in [6.07, 6.45) is 0. The predicted octanol–water partition coefficient (Wildman–Crippen LogP) is 2.52. The number of nitrogens with two attached hydrogens (primary N) is 1. The Bertz CT molecular complexity index is 714. The molecule has 0 aliphatic heterocycles. The molecule has 0 aliphatic rings. The first-order chi connectivity index (χ1) is 8.88. The molecule has 3 nitrogen and oxygen atoms in total. The molecule has 0 saturated heterocycles. The van der Waals surface area contributed by atoms with E-state index in [4.69, 9.17) is 5.73 Å². The van der Waals surface area contributed by atoms with Crippen molar-refractivity contribution in [2.45, 2.75) is 10.6 Å². The van der Waals surface area contributed by atoms with Gasteiger partial charge in [0.2, 0.25) is 0 Å². The highest BCUT2D eigenvalue weighted by Gasteiger charge is 2.19. The molecular weight excluding hydrogens is 272 g/mol. The van der Waals surface area contributed by atoms with E-state index < -0.39 is 27.2 Å². The van der Waals surface area contributed by atoms with Crippen LogP contribution >= 0.6 is 0 Å². The van der Waals surface area contributed by atoms with E-state index in [2.05, 4.69) is 0 Å². The number of anilines is 1. The lowest BCUT2D eigenvalue weighted by molar-refractivity contribution is 0.590. The Kier molecular flexibility index (Phi) is 3.53. The minimum absolute atomic E-state index is 0.0298. The SMILES string of the molecule is Nc1ccc(F)cc1S(=O)(=O)Cc1cccc(F)c1. The maximum atomic E-state index is 13.1. The van der Waals surface area contributed by atoms with Crippen LogP contribution in [0.3, 0.4) is 0 Å². The normalized spacial score (nSPS) is 11.5. The molecule has 100 valence electrons. The summed E-state index contributed by atoms with van der Waals surface area (Å²) in [5.74, 6) is -1.65. The Hall–Kier alpha value is -1.95. The molecule has 2 rings (SSSR count). The molecule has 0 amide bonds. The zero-order valence-electron chi connectivity index (χ0n) is 9.81. The van der Waals surface area contributed by atoms with Gasteiger partial charge < -0.3 is 5.73 Å². The molecule has 0 spiro atoms. The molecule has 6 heteroatoms. The van der Waals surface area contributed by atoms with Crippen LogP contribution in [-0.4, -0.2) is 8.42 Å². The summed E-state index contributed by atoms with van der Waals surface area (Å²) in [6.45, 7) is 0. The molecule has 2 aromatic carbocycles. The van der Waals surface area contributed by atoms with Crippen molar-refractivity contribution in [3.63, 3.8) is 0 Å². The number of nitrogen functional groups attached to an aromatic ring is 1. The monoisotopic (exact) mass is 283 g/mol. The van der Waals surface area contributed by atoms with Crippen molar-refractivity contribution in [3.8, 4) is 0 Å². The van der Waals surface area contributed by atoms with Crippen molar-refractivity contribution in [2.24, 2.45) is 0 Å². The van der Waals surface area contributed by atoms with Gasteiger partial charge in [0.05, 0.1) is 16.3 Å². The molecule has 0 heterocycles. The van der Waals surface area contributed by atoms with Gasteiger partial charge in [0, 0.05) is 0 Å². The van der Waals surface area contributed by atoms with Gasteiger partial charge in [0.15, 0.2) is 9.84 Å². The molecule has 0 unspecified atom stereocenters. The van der Waals surface area contributed by atoms with Crippen molar-refractivity contribution in [3.05, 3.63) is 59.7 Å². The van der Waals surface area contributed by atoms with Crippen LogP contribution in [0.1, 0.15) is 5.56 Å². The predicted molar refractivity (Wildman–Crippen MR) is 68.1 cm³/mol. The summed E-state index contributed by atoms with van der Waals surface area (Å²) < 4.78 is 50.3. The van der Waals surface area contributed by atoms with Gasteiger partial charge in [-0.3, -0.25) is 0 Å². The van der Waals surface area contributed by atoms with E-state index in [-0.39, 0.29) is 16.1 Å². The lowest BCUT2D eigenvalue weighted by Gasteiger charge is -2.08. The molecule has 2 aromatic rings. The summed E-state index contributed by atoms with van der Waals surface area (Å²) in [4.78, 5) is -0.281. The van der Waals surface area contributed by atoms with Crippen LogP contribution in [0.5, 0.6) is 0 Å². The maximum absolute atomic E-state index is 13.1. The van der Waals surface area contributed by atoms with E-state index in [9.17, 15) is 17.2 Å². The lowest BCUT2D eigenvalue weighted by Crippen LogP contribution is -2.08. The van der Waals surface area contributed by atoms with Crippen molar-refractivity contribution in [2.75, 3.05) is 5.73 Å². The Labute approximate surface area is 109 Å². The Morgan fingerprint density at radius 1 is 1.00 bits per heavy atom. The highest BCUT2D eigenvalue weighted by Crippen LogP contribution is 2.23. The largest absolute Gasteiger partial charge is 0.398 e. The van der Waals surface area contributed by atoms with Crippen molar-refractivity contribution < 1.29 is 17.2 Å². The van der Waals surface area contributed by atoms with Crippen molar-refractivity contribution >= 4 is 15.5 Å². The zero-order valence-corrected chi connectivity index (χ0v) is 10.6. The van der Waals surface area contributed by atoms with E-state index >= 15 is 0 Å². The summed E-state index contributed by atoms with van der Waals surface area (Å²) in [5.41, 5.74) is 5.79. The van der Waals surface area contributed by atoms with E-state index in [0.717, 1.165) is 18.2 Å². The van der Waals surface area contributed by atoms with Gasteiger partial charge in [0.1, 0.15) is 11.6 Å². The second kappa shape index (κ2) is 4.97. The standard InChI is InChI=1S/C13H11F2NO2S/c14-10-3-1-2-9(6-10)8-19(17,18)13-7-11(15)4-5-12(13)16/h1-7H,8,16H2. The number of sulfone groups is 1. The van der Waals surface area contributed by atoms with Crippen LogP contribution in [0.25, 0.3) is 0 Å². The van der Waals surface area contributed by atoms with Crippen LogP contribution in [-0.2, 0) is 15.6 Å². The zero-order chi connectivity index (χ0) is 14.0. The van der Waals surface area contributed by atoms with Gasteiger partial charge in [-0.1, -0.05) is 12.1 Å². The maximum Gasteiger partial charge on any atom is 0.184 e. The van der Waals surface area contributed by atoms with Crippen molar-refractivity contribution in [1.82, 2.24) is 0 Å². The lowest BCUT2D eigenvalue weighted by atomic mass is 10.2. The summed E-state index contributed by atoms with van der Waals surface area (Å²) in [7, 11) is -3.81. The smallest absolute Gasteiger partial charge is 0.184 e. The molecule has 19 heavy (non-hydrogen) atoms. The minimum Gasteiger partial charge on any atom is -0.398 e. The van der Waals surface area contributed by atoms with Crippen molar-refractivity contribution in [1.29, 1.82) is 0 Å². The third-order valence-corrected chi connectivity index (χ3v) is 4.29.